The molecular weight excluding hydrogens is 408 g/mol. The molecule has 0 aromatic heterocycles. The van der Waals surface area contributed by atoms with Crippen LogP contribution < -0.4 is 10.2 Å². The summed E-state index contributed by atoms with van der Waals surface area (Å²) in [7, 11) is 0. The Morgan fingerprint density at radius 3 is 2.38 bits per heavy atom. The molecule has 3 amide bonds. The minimum absolute atomic E-state index is 0.163. The van der Waals surface area contributed by atoms with Gasteiger partial charge < -0.3 is 10.1 Å². The zero-order valence-corrected chi connectivity index (χ0v) is 18.0. The predicted molar refractivity (Wildman–Crippen MR) is 119 cm³/mol. The quantitative estimate of drug-likeness (QED) is 0.443. The normalized spacial score (nSPS) is 19.6. The number of ether oxygens (including phenoxy) is 1. The van der Waals surface area contributed by atoms with Crippen molar-refractivity contribution in [2.75, 3.05) is 16.8 Å². The first-order chi connectivity index (χ1) is 15.3. The molecule has 0 spiro atoms. The number of benzene rings is 2. The van der Waals surface area contributed by atoms with Gasteiger partial charge in [-0.25, -0.2) is 4.79 Å². The maximum absolute atomic E-state index is 12.8. The van der Waals surface area contributed by atoms with Gasteiger partial charge in [-0.3, -0.25) is 19.3 Å². The van der Waals surface area contributed by atoms with Crippen LogP contribution >= 0.6 is 0 Å². The third kappa shape index (κ3) is 4.19. The lowest BCUT2D eigenvalue weighted by molar-refractivity contribution is -0.122. The van der Waals surface area contributed by atoms with Crippen LogP contribution in [0.2, 0.25) is 0 Å². The van der Waals surface area contributed by atoms with Gasteiger partial charge in [0.05, 0.1) is 23.1 Å². The average Bonchev–Trinajstić information content (AvgIpc) is 3.05. The molecule has 2 aliphatic rings. The highest BCUT2D eigenvalue weighted by Crippen LogP contribution is 2.37. The standard InChI is InChI=1S/C25H24N2O5/c1-15-10-11-16(2)21(12-15)26-22(28)14-32-25(31)17-6-5-7-18(13-17)27-23(29)19-8-3-4-9-20(19)24(27)30/h3-7,10-13,19-20H,8-9,14H2,1-2H3,(H,26,28)/t19-,20-/m1/s1. The van der Waals surface area contributed by atoms with Crippen LogP contribution in [0.4, 0.5) is 11.4 Å². The SMILES string of the molecule is Cc1ccc(C)c(NC(=O)COC(=O)c2cccc(N3C(=O)[C@@H]4CC=CC[C@H]4C3=O)c2)c1. The number of nitrogens with zero attached hydrogens (tertiary/aromatic N) is 1. The fourth-order valence-electron chi connectivity index (χ4n) is 4.10. The average molecular weight is 432 g/mol. The Labute approximate surface area is 186 Å². The first-order valence-electron chi connectivity index (χ1n) is 10.5. The van der Waals surface area contributed by atoms with Gasteiger partial charge in [-0.1, -0.05) is 30.4 Å². The second-order valence-corrected chi connectivity index (χ2v) is 8.16. The van der Waals surface area contributed by atoms with Crippen molar-refractivity contribution >= 4 is 35.1 Å². The molecule has 7 heteroatoms. The molecule has 0 bridgehead atoms. The summed E-state index contributed by atoms with van der Waals surface area (Å²) in [5.74, 6) is -2.36. The maximum Gasteiger partial charge on any atom is 0.338 e. The van der Waals surface area contributed by atoms with Crippen LogP contribution in [-0.4, -0.2) is 30.3 Å². The first-order valence-corrected chi connectivity index (χ1v) is 10.5. The summed E-state index contributed by atoms with van der Waals surface area (Å²) in [5.41, 5.74) is 3.06. The van der Waals surface area contributed by atoms with Crippen LogP contribution in [-0.2, 0) is 19.1 Å². The molecule has 1 aliphatic heterocycles. The van der Waals surface area contributed by atoms with E-state index in [-0.39, 0.29) is 29.2 Å². The highest BCUT2D eigenvalue weighted by atomic mass is 16.5. The fraction of sp³-hybridized carbons (Fsp3) is 0.280. The van der Waals surface area contributed by atoms with Gasteiger partial charge in [0.2, 0.25) is 11.8 Å². The van der Waals surface area contributed by atoms with Crippen molar-refractivity contribution in [3.8, 4) is 0 Å². The van der Waals surface area contributed by atoms with E-state index in [9.17, 15) is 19.2 Å². The summed E-state index contributed by atoms with van der Waals surface area (Å²) in [6.45, 7) is 3.34. The Hall–Kier alpha value is -3.74. The zero-order chi connectivity index (χ0) is 22.8. The van der Waals surface area contributed by atoms with Crippen LogP contribution in [0.1, 0.15) is 34.3 Å². The number of imide groups is 1. The summed E-state index contributed by atoms with van der Waals surface area (Å²) >= 11 is 0. The lowest BCUT2D eigenvalue weighted by Crippen LogP contribution is -2.31. The van der Waals surface area contributed by atoms with Crippen LogP contribution in [0.3, 0.4) is 0 Å². The highest BCUT2D eigenvalue weighted by molar-refractivity contribution is 6.22. The second-order valence-electron chi connectivity index (χ2n) is 8.16. The number of anilines is 2. The number of aryl methyl sites for hydroxylation is 2. The predicted octanol–water partition coefficient (Wildman–Crippen LogP) is 3.55. The molecule has 1 aliphatic carbocycles. The molecule has 1 fully saturated rings. The van der Waals surface area contributed by atoms with Gasteiger partial charge in [0.15, 0.2) is 6.61 Å². The molecule has 0 radical (unpaired) electrons. The van der Waals surface area contributed by atoms with Gasteiger partial charge in [-0.05, 0) is 62.1 Å². The molecule has 1 heterocycles. The fourth-order valence-corrected chi connectivity index (χ4v) is 4.10. The number of carbonyl (C=O) groups is 4. The molecule has 164 valence electrons. The number of allylic oxidation sites excluding steroid dienone is 2. The summed E-state index contributed by atoms with van der Waals surface area (Å²) in [6.07, 6.45) is 4.94. The van der Waals surface area contributed by atoms with E-state index in [1.807, 2.05) is 44.2 Å². The third-order valence-electron chi connectivity index (χ3n) is 5.85. The number of hydrogen-bond acceptors (Lipinski definition) is 5. The summed E-state index contributed by atoms with van der Waals surface area (Å²) in [4.78, 5) is 51.4. The molecule has 1 saturated heterocycles. The van der Waals surface area contributed by atoms with E-state index < -0.39 is 18.5 Å². The Morgan fingerprint density at radius 2 is 1.69 bits per heavy atom. The Morgan fingerprint density at radius 1 is 1.00 bits per heavy atom. The van der Waals surface area contributed by atoms with Gasteiger partial charge >= 0.3 is 5.97 Å². The van der Waals surface area contributed by atoms with Crippen LogP contribution in [0.5, 0.6) is 0 Å². The Bertz CT molecular complexity index is 1110. The molecule has 0 saturated carbocycles. The summed E-state index contributed by atoms with van der Waals surface area (Å²) in [6, 6.07) is 11.9. The smallest absolute Gasteiger partial charge is 0.338 e. The van der Waals surface area contributed by atoms with E-state index in [2.05, 4.69) is 5.32 Å². The molecule has 0 unspecified atom stereocenters. The van der Waals surface area contributed by atoms with Crippen molar-refractivity contribution in [2.45, 2.75) is 26.7 Å². The molecule has 1 N–H and O–H groups in total. The first kappa shape index (κ1) is 21.5. The van der Waals surface area contributed by atoms with E-state index in [0.717, 1.165) is 16.0 Å². The van der Waals surface area contributed by atoms with E-state index in [0.29, 0.717) is 24.2 Å². The van der Waals surface area contributed by atoms with Gasteiger partial charge in [0.25, 0.3) is 5.91 Å². The number of amides is 3. The van der Waals surface area contributed by atoms with Crippen LogP contribution in [0, 0.1) is 25.7 Å². The third-order valence-corrected chi connectivity index (χ3v) is 5.85. The van der Waals surface area contributed by atoms with Crippen molar-refractivity contribution in [1.29, 1.82) is 0 Å². The Kier molecular flexibility index (Phi) is 5.90. The number of fused-ring (bicyclic) bond motifs is 1. The second kappa shape index (κ2) is 8.78. The molecular formula is C25H24N2O5. The molecule has 4 rings (SSSR count). The van der Waals surface area contributed by atoms with Crippen LogP contribution in [0.25, 0.3) is 0 Å². The van der Waals surface area contributed by atoms with Gasteiger partial charge in [0.1, 0.15) is 0 Å². The number of carbonyl (C=O) groups excluding carboxylic acids is 4. The van der Waals surface area contributed by atoms with Crippen molar-refractivity contribution in [3.05, 3.63) is 71.3 Å². The minimum Gasteiger partial charge on any atom is -0.452 e. The highest BCUT2D eigenvalue weighted by Gasteiger charge is 2.47. The summed E-state index contributed by atoms with van der Waals surface area (Å²) < 4.78 is 5.15. The maximum atomic E-state index is 12.8. The molecule has 7 nitrogen and oxygen atoms in total. The van der Waals surface area contributed by atoms with Gasteiger partial charge in [-0.15, -0.1) is 0 Å². The number of nitrogens with one attached hydrogen (secondary N) is 1. The number of esters is 1. The van der Waals surface area contributed by atoms with Crippen LogP contribution in [0.15, 0.2) is 54.6 Å². The number of hydrogen-bond donors (Lipinski definition) is 1. The van der Waals surface area contributed by atoms with E-state index in [4.69, 9.17) is 4.74 Å². The van der Waals surface area contributed by atoms with Gasteiger partial charge in [0, 0.05) is 5.69 Å². The van der Waals surface area contributed by atoms with Crippen molar-refractivity contribution in [1.82, 2.24) is 0 Å². The lowest BCUT2D eigenvalue weighted by atomic mass is 9.85. The van der Waals surface area contributed by atoms with E-state index >= 15 is 0 Å². The topological polar surface area (TPSA) is 92.8 Å². The van der Waals surface area contributed by atoms with E-state index in [1.165, 1.54) is 12.1 Å². The van der Waals surface area contributed by atoms with Crippen molar-refractivity contribution < 1.29 is 23.9 Å². The minimum atomic E-state index is -0.707. The molecule has 2 aromatic carbocycles. The van der Waals surface area contributed by atoms with Crippen molar-refractivity contribution in [3.63, 3.8) is 0 Å². The lowest BCUT2D eigenvalue weighted by Gasteiger charge is -2.15. The zero-order valence-electron chi connectivity index (χ0n) is 18.0. The summed E-state index contributed by atoms with van der Waals surface area (Å²) in [5, 5.41) is 2.73. The Balaban J connectivity index is 1.41. The number of rotatable bonds is 5. The monoisotopic (exact) mass is 432 g/mol. The molecule has 2 aromatic rings. The molecule has 2 atom stereocenters. The molecule has 32 heavy (non-hydrogen) atoms. The van der Waals surface area contributed by atoms with Gasteiger partial charge in [-0.2, -0.15) is 0 Å². The van der Waals surface area contributed by atoms with Crippen molar-refractivity contribution in [2.24, 2.45) is 11.8 Å². The van der Waals surface area contributed by atoms with E-state index in [1.54, 1.807) is 12.1 Å². The largest absolute Gasteiger partial charge is 0.452 e.